The van der Waals surface area contributed by atoms with Crippen LogP contribution in [0.3, 0.4) is 0 Å². The van der Waals surface area contributed by atoms with Gasteiger partial charge < -0.3 is 5.32 Å². The van der Waals surface area contributed by atoms with E-state index in [1.165, 1.54) is 16.9 Å². The second kappa shape index (κ2) is 6.64. The highest BCUT2D eigenvalue weighted by molar-refractivity contribution is 5.91. The first-order valence-corrected chi connectivity index (χ1v) is 6.58. The van der Waals surface area contributed by atoms with Crippen molar-refractivity contribution in [1.82, 2.24) is 9.78 Å². The normalized spacial score (nSPS) is 10.3. The van der Waals surface area contributed by atoms with Crippen LogP contribution in [0.4, 0.5) is 17.1 Å². The monoisotopic (exact) mass is 319 g/mol. The summed E-state index contributed by atoms with van der Waals surface area (Å²) in [5.74, 6) is -0.374. The van der Waals surface area contributed by atoms with Crippen LogP contribution >= 0.6 is 0 Å². The fraction of sp³-hybridized carbons (Fsp3) is 0.231. The van der Waals surface area contributed by atoms with E-state index in [1.54, 1.807) is 19.1 Å². The van der Waals surface area contributed by atoms with Crippen LogP contribution < -0.4 is 5.32 Å². The van der Waals surface area contributed by atoms with Gasteiger partial charge in [0.2, 0.25) is 5.91 Å². The maximum atomic E-state index is 11.8. The lowest BCUT2D eigenvalue weighted by molar-refractivity contribution is -0.385. The number of nitrogens with zero attached hydrogens (tertiary/aromatic N) is 4. The first kappa shape index (κ1) is 16.1. The molecule has 1 aromatic carbocycles. The van der Waals surface area contributed by atoms with Crippen molar-refractivity contribution in [1.29, 1.82) is 0 Å². The van der Waals surface area contributed by atoms with E-state index in [2.05, 4.69) is 10.4 Å². The third kappa shape index (κ3) is 4.09. The smallest absolute Gasteiger partial charge is 0.306 e. The van der Waals surface area contributed by atoms with Crippen LogP contribution in [0.1, 0.15) is 12.0 Å². The van der Waals surface area contributed by atoms with Gasteiger partial charge in [-0.05, 0) is 13.0 Å². The molecule has 0 aliphatic rings. The SMILES string of the molecule is Cc1ccc(NC(=O)CCn2cc([N+](=O)[O-])cn2)cc1[N+](=O)[O-]. The van der Waals surface area contributed by atoms with E-state index in [9.17, 15) is 25.0 Å². The van der Waals surface area contributed by atoms with Gasteiger partial charge in [-0.1, -0.05) is 6.07 Å². The van der Waals surface area contributed by atoms with Crippen molar-refractivity contribution in [2.45, 2.75) is 19.9 Å². The maximum Gasteiger partial charge on any atom is 0.306 e. The lowest BCUT2D eigenvalue weighted by Gasteiger charge is -2.06. The first-order valence-electron chi connectivity index (χ1n) is 6.58. The van der Waals surface area contributed by atoms with E-state index in [0.29, 0.717) is 11.3 Å². The third-order valence-electron chi connectivity index (χ3n) is 3.09. The van der Waals surface area contributed by atoms with Crippen molar-refractivity contribution in [3.8, 4) is 0 Å². The summed E-state index contributed by atoms with van der Waals surface area (Å²) in [6.45, 7) is 1.77. The van der Waals surface area contributed by atoms with Gasteiger partial charge in [0, 0.05) is 30.3 Å². The average molecular weight is 319 g/mol. The molecule has 1 heterocycles. The Bertz CT molecular complexity index is 770. The number of benzene rings is 1. The third-order valence-corrected chi connectivity index (χ3v) is 3.09. The molecule has 1 N–H and O–H groups in total. The number of aromatic nitrogens is 2. The zero-order valence-electron chi connectivity index (χ0n) is 12.1. The highest BCUT2D eigenvalue weighted by Gasteiger charge is 2.13. The Labute approximate surface area is 130 Å². The summed E-state index contributed by atoms with van der Waals surface area (Å²) in [6.07, 6.45) is 2.35. The first-order chi connectivity index (χ1) is 10.9. The largest absolute Gasteiger partial charge is 0.326 e. The van der Waals surface area contributed by atoms with Gasteiger partial charge in [0.25, 0.3) is 5.69 Å². The number of carbonyl (C=O) groups excluding carboxylic acids is 1. The molecule has 10 nitrogen and oxygen atoms in total. The van der Waals surface area contributed by atoms with E-state index < -0.39 is 9.85 Å². The van der Waals surface area contributed by atoms with Gasteiger partial charge in [0.05, 0.1) is 9.85 Å². The molecule has 2 rings (SSSR count). The number of rotatable bonds is 6. The molecule has 0 radical (unpaired) electrons. The van der Waals surface area contributed by atoms with Crippen LogP contribution in [0.2, 0.25) is 0 Å². The molecule has 0 aliphatic heterocycles. The Morgan fingerprint density at radius 1 is 1.30 bits per heavy atom. The van der Waals surface area contributed by atoms with Gasteiger partial charge in [-0.3, -0.25) is 29.7 Å². The van der Waals surface area contributed by atoms with Gasteiger partial charge >= 0.3 is 5.69 Å². The number of nitro benzene ring substituents is 1. The molecule has 120 valence electrons. The molecule has 1 aromatic heterocycles. The Kier molecular flexibility index (Phi) is 4.64. The number of amides is 1. The van der Waals surface area contributed by atoms with E-state index in [4.69, 9.17) is 0 Å². The van der Waals surface area contributed by atoms with Crippen molar-refractivity contribution in [2.75, 3.05) is 5.32 Å². The van der Waals surface area contributed by atoms with Gasteiger partial charge in [0.1, 0.15) is 12.4 Å². The summed E-state index contributed by atoms with van der Waals surface area (Å²) < 4.78 is 1.29. The van der Waals surface area contributed by atoms with E-state index in [1.807, 2.05) is 0 Å². The number of hydrogen-bond donors (Lipinski definition) is 1. The second-order valence-corrected chi connectivity index (χ2v) is 4.78. The number of nitrogens with one attached hydrogen (secondary N) is 1. The van der Waals surface area contributed by atoms with Crippen LogP contribution in [-0.4, -0.2) is 25.5 Å². The molecule has 0 saturated carbocycles. The van der Waals surface area contributed by atoms with Crippen LogP contribution in [0.5, 0.6) is 0 Å². The zero-order chi connectivity index (χ0) is 17.0. The highest BCUT2D eigenvalue weighted by atomic mass is 16.6. The fourth-order valence-corrected chi connectivity index (χ4v) is 1.89. The van der Waals surface area contributed by atoms with E-state index in [-0.39, 0.29) is 30.2 Å². The minimum Gasteiger partial charge on any atom is -0.326 e. The van der Waals surface area contributed by atoms with Crippen molar-refractivity contribution in [3.05, 3.63) is 56.4 Å². The van der Waals surface area contributed by atoms with E-state index >= 15 is 0 Å². The molecule has 0 bridgehead atoms. The Morgan fingerprint density at radius 2 is 2.04 bits per heavy atom. The van der Waals surface area contributed by atoms with Gasteiger partial charge in [-0.25, -0.2) is 0 Å². The average Bonchev–Trinajstić information content (AvgIpc) is 2.96. The van der Waals surface area contributed by atoms with Gasteiger partial charge in [-0.2, -0.15) is 5.10 Å². The summed E-state index contributed by atoms with van der Waals surface area (Å²) in [5, 5.41) is 27.7. The predicted octanol–water partition coefficient (Wildman–Crippen LogP) is 2.04. The van der Waals surface area contributed by atoms with E-state index in [0.717, 1.165) is 6.20 Å². The van der Waals surface area contributed by atoms with Gasteiger partial charge in [-0.15, -0.1) is 0 Å². The number of hydrogen-bond acceptors (Lipinski definition) is 6. The molecular weight excluding hydrogens is 306 g/mol. The molecule has 23 heavy (non-hydrogen) atoms. The van der Waals surface area contributed by atoms with Crippen molar-refractivity contribution < 1.29 is 14.6 Å². The topological polar surface area (TPSA) is 133 Å². The molecule has 2 aromatic rings. The fourth-order valence-electron chi connectivity index (χ4n) is 1.89. The standard InChI is InChI=1S/C13H13N5O5/c1-9-2-3-10(6-12(9)18(22)23)15-13(19)4-5-16-8-11(7-14-16)17(20)21/h2-3,6-8H,4-5H2,1H3,(H,15,19). The summed E-state index contributed by atoms with van der Waals surface area (Å²) in [6, 6.07) is 4.40. The molecular formula is C13H13N5O5. The molecule has 10 heteroatoms. The Morgan fingerprint density at radius 3 is 2.65 bits per heavy atom. The highest BCUT2D eigenvalue weighted by Crippen LogP contribution is 2.22. The zero-order valence-corrected chi connectivity index (χ0v) is 12.1. The molecule has 0 atom stereocenters. The minimum atomic E-state index is -0.574. The van der Waals surface area contributed by atoms with Gasteiger partial charge in [0.15, 0.2) is 0 Å². The molecule has 0 saturated heterocycles. The number of nitro groups is 2. The molecule has 1 amide bonds. The van der Waals surface area contributed by atoms with Crippen molar-refractivity contribution in [3.63, 3.8) is 0 Å². The lowest BCUT2D eigenvalue weighted by Crippen LogP contribution is -2.14. The summed E-state index contributed by atoms with van der Waals surface area (Å²) >= 11 is 0. The van der Waals surface area contributed by atoms with Crippen LogP contribution in [0.25, 0.3) is 0 Å². The summed E-state index contributed by atoms with van der Waals surface area (Å²) in [4.78, 5) is 32.1. The maximum absolute atomic E-state index is 11.8. The van der Waals surface area contributed by atoms with Crippen LogP contribution in [0.15, 0.2) is 30.6 Å². The molecule has 0 spiro atoms. The lowest BCUT2D eigenvalue weighted by atomic mass is 10.2. The second-order valence-electron chi connectivity index (χ2n) is 4.78. The van der Waals surface area contributed by atoms with Crippen LogP contribution in [0, 0.1) is 27.2 Å². The van der Waals surface area contributed by atoms with Crippen molar-refractivity contribution in [2.24, 2.45) is 0 Å². The minimum absolute atomic E-state index is 0.0283. The predicted molar refractivity (Wildman–Crippen MR) is 80.0 cm³/mol. The number of aryl methyl sites for hydroxylation is 2. The van der Waals surface area contributed by atoms with Crippen molar-refractivity contribution >= 4 is 23.0 Å². The Hall–Kier alpha value is -3.30. The molecule has 0 aliphatic carbocycles. The Balaban J connectivity index is 1.95. The molecule has 0 unspecified atom stereocenters. The number of anilines is 1. The van der Waals surface area contributed by atoms with Crippen LogP contribution in [-0.2, 0) is 11.3 Å². The summed E-state index contributed by atoms with van der Waals surface area (Å²) in [7, 11) is 0. The summed E-state index contributed by atoms with van der Waals surface area (Å²) in [5.41, 5.74) is 0.584. The molecule has 0 fully saturated rings. The number of carbonyl (C=O) groups is 1. The quantitative estimate of drug-likeness (QED) is 0.639.